The van der Waals surface area contributed by atoms with Crippen molar-refractivity contribution in [3.63, 3.8) is 0 Å². The molecule has 0 heterocycles. The zero-order chi connectivity index (χ0) is 15.1. The van der Waals surface area contributed by atoms with Crippen LogP contribution >= 0.6 is 0 Å². The highest BCUT2D eigenvalue weighted by molar-refractivity contribution is 5.74. The molecular formula is C15H28N2O3. The summed E-state index contributed by atoms with van der Waals surface area (Å²) in [6, 6.07) is -0.0732. The van der Waals surface area contributed by atoms with Crippen molar-refractivity contribution in [1.29, 1.82) is 0 Å². The van der Waals surface area contributed by atoms with Crippen LogP contribution in [0.3, 0.4) is 0 Å². The summed E-state index contributed by atoms with van der Waals surface area (Å²) in [7, 11) is 0. The highest BCUT2D eigenvalue weighted by Crippen LogP contribution is 2.29. The summed E-state index contributed by atoms with van der Waals surface area (Å²) in [6.07, 6.45) is 3.68. The van der Waals surface area contributed by atoms with Crippen LogP contribution < -0.4 is 5.32 Å². The number of nitrogens with one attached hydrogen (secondary N) is 1. The number of carbonyl (C=O) groups is 2. The average Bonchev–Trinajstić information content (AvgIpc) is 2.42. The number of urea groups is 1. The first-order valence-corrected chi connectivity index (χ1v) is 7.71. The van der Waals surface area contributed by atoms with Crippen LogP contribution in [0.2, 0.25) is 0 Å². The van der Waals surface area contributed by atoms with E-state index in [9.17, 15) is 14.7 Å². The lowest BCUT2D eigenvalue weighted by molar-refractivity contribution is -0.144. The molecule has 1 saturated carbocycles. The lowest BCUT2D eigenvalue weighted by atomic mass is 9.79. The third kappa shape index (κ3) is 5.02. The molecule has 116 valence electrons. The molecule has 0 aromatic heterocycles. The minimum Gasteiger partial charge on any atom is -0.481 e. The Labute approximate surface area is 121 Å². The number of hydrogen-bond acceptors (Lipinski definition) is 2. The molecule has 2 N–H and O–H groups in total. The van der Waals surface area contributed by atoms with Crippen LogP contribution in [0.25, 0.3) is 0 Å². The van der Waals surface area contributed by atoms with E-state index in [4.69, 9.17) is 0 Å². The minimum absolute atomic E-state index is 0.0722. The molecule has 5 nitrogen and oxygen atoms in total. The van der Waals surface area contributed by atoms with E-state index in [2.05, 4.69) is 19.2 Å². The number of amides is 2. The Hall–Kier alpha value is -1.26. The second-order valence-electron chi connectivity index (χ2n) is 6.11. The van der Waals surface area contributed by atoms with Crippen LogP contribution in [-0.4, -0.2) is 41.6 Å². The lowest BCUT2D eigenvalue weighted by Gasteiger charge is -2.30. The van der Waals surface area contributed by atoms with E-state index in [0.29, 0.717) is 19.0 Å². The summed E-state index contributed by atoms with van der Waals surface area (Å²) in [5, 5.41) is 12.1. The van der Waals surface area contributed by atoms with Crippen LogP contribution in [0.5, 0.6) is 0 Å². The first kappa shape index (κ1) is 16.8. The highest BCUT2D eigenvalue weighted by atomic mass is 16.4. The molecular weight excluding hydrogens is 256 g/mol. The molecule has 2 amide bonds. The van der Waals surface area contributed by atoms with Gasteiger partial charge in [-0.2, -0.15) is 0 Å². The Morgan fingerprint density at radius 3 is 2.50 bits per heavy atom. The van der Waals surface area contributed by atoms with Gasteiger partial charge in [0.1, 0.15) is 0 Å². The monoisotopic (exact) mass is 284 g/mol. The van der Waals surface area contributed by atoms with Crippen LogP contribution in [-0.2, 0) is 4.79 Å². The van der Waals surface area contributed by atoms with Gasteiger partial charge in [-0.15, -0.1) is 0 Å². The van der Waals surface area contributed by atoms with E-state index in [-0.39, 0.29) is 17.9 Å². The van der Waals surface area contributed by atoms with Crippen LogP contribution in [0.15, 0.2) is 0 Å². The van der Waals surface area contributed by atoms with Gasteiger partial charge in [0.2, 0.25) is 0 Å². The van der Waals surface area contributed by atoms with Crippen molar-refractivity contribution in [3.05, 3.63) is 0 Å². The zero-order valence-electron chi connectivity index (χ0n) is 12.9. The smallest absolute Gasteiger partial charge is 0.317 e. The zero-order valence-corrected chi connectivity index (χ0v) is 12.9. The highest BCUT2D eigenvalue weighted by Gasteiger charge is 2.31. The van der Waals surface area contributed by atoms with E-state index >= 15 is 0 Å². The summed E-state index contributed by atoms with van der Waals surface area (Å²) < 4.78 is 0. The molecule has 5 heteroatoms. The Bertz CT molecular complexity index is 331. The number of hydrogen-bond donors (Lipinski definition) is 2. The number of aliphatic carboxylic acids is 1. The van der Waals surface area contributed by atoms with Gasteiger partial charge in [0, 0.05) is 19.6 Å². The molecule has 0 spiro atoms. The maximum absolute atomic E-state index is 12.1. The average molecular weight is 284 g/mol. The summed E-state index contributed by atoms with van der Waals surface area (Å²) in [5.41, 5.74) is 0. The Balaban J connectivity index is 2.47. The van der Waals surface area contributed by atoms with Crippen LogP contribution in [0.1, 0.15) is 46.5 Å². The fraction of sp³-hybridized carbons (Fsp3) is 0.867. The topological polar surface area (TPSA) is 69.6 Å². The van der Waals surface area contributed by atoms with Crippen molar-refractivity contribution in [1.82, 2.24) is 10.2 Å². The molecule has 2 atom stereocenters. The van der Waals surface area contributed by atoms with E-state index in [1.807, 2.05) is 6.92 Å². The quantitative estimate of drug-likeness (QED) is 0.787. The van der Waals surface area contributed by atoms with E-state index in [1.54, 1.807) is 4.90 Å². The molecule has 20 heavy (non-hydrogen) atoms. The fourth-order valence-electron chi connectivity index (χ4n) is 2.90. The molecule has 0 radical (unpaired) electrons. The van der Waals surface area contributed by atoms with Gasteiger partial charge in [-0.3, -0.25) is 4.79 Å². The summed E-state index contributed by atoms with van der Waals surface area (Å²) in [4.78, 5) is 25.1. The summed E-state index contributed by atoms with van der Waals surface area (Å²) in [5.74, 6) is -0.521. The maximum atomic E-state index is 12.1. The number of carbonyl (C=O) groups excluding carboxylic acids is 1. The molecule has 1 aliphatic rings. The first-order valence-electron chi connectivity index (χ1n) is 7.71. The molecule has 0 aromatic rings. The number of carboxylic acid groups (broad SMARTS) is 1. The van der Waals surface area contributed by atoms with Crippen molar-refractivity contribution >= 4 is 12.0 Å². The van der Waals surface area contributed by atoms with Gasteiger partial charge in [0.25, 0.3) is 0 Å². The van der Waals surface area contributed by atoms with Gasteiger partial charge in [0.05, 0.1) is 5.92 Å². The number of nitrogens with zero attached hydrogens (tertiary/aromatic N) is 1. The van der Waals surface area contributed by atoms with Crippen molar-refractivity contribution in [3.8, 4) is 0 Å². The van der Waals surface area contributed by atoms with Gasteiger partial charge >= 0.3 is 12.0 Å². The third-order valence-electron chi connectivity index (χ3n) is 4.00. The van der Waals surface area contributed by atoms with Gasteiger partial charge in [0.15, 0.2) is 0 Å². The van der Waals surface area contributed by atoms with E-state index in [1.165, 1.54) is 0 Å². The van der Waals surface area contributed by atoms with Crippen molar-refractivity contribution in [2.45, 2.75) is 46.5 Å². The minimum atomic E-state index is -0.724. The fourth-order valence-corrected chi connectivity index (χ4v) is 2.90. The lowest BCUT2D eigenvalue weighted by Crippen LogP contribution is -2.45. The molecule has 1 fully saturated rings. The molecule has 0 bridgehead atoms. The van der Waals surface area contributed by atoms with Crippen LogP contribution in [0.4, 0.5) is 4.79 Å². The van der Waals surface area contributed by atoms with E-state index in [0.717, 1.165) is 32.2 Å². The second kappa shape index (κ2) is 8.12. The van der Waals surface area contributed by atoms with Gasteiger partial charge in [-0.1, -0.05) is 26.7 Å². The SMILES string of the molecule is CCN(CC(C)C)C(=O)NCC1CCCCC1C(=O)O. The Morgan fingerprint density at radius 2 is 1.95 bits per heavy atom. The van der Waals surface area contributed by atoms with Crippen LogP contribution in [0, 0.1) is 17.8 Å². The normalized spacial score (nSPS) is 22.6. The standard InChI is InChI=1S/C15H28N2O3/c1-4-17(10-11(2)3)15(20)16-9-12-7-5-6-8-13(12)14(18)19/h11-13H,4-10H2,1-3H3,(H,16,20)(H,18,19). The Morgan fingerprint density at radius 1 is 1.30 bits per heavy atom. The molecule has 0 saturated heterocycles. The van der Waals surface area contributed by atoms with E-state index < -0.39 is 5.97 Å². The predicted octanol–water partition coefficient (Wildman–Crippen LogP) is 2.56. The van der Waals surface area contributed by atoms with Gasteiger partial charge in [-0.05, 0) is 31.6 Å². The molecule has 1 aliphatic carbocycles. The third-order valence-corrected chi connectivity index (χ3v) is 4.00. The van der Waals surface area contributed by atoms with Crippen molar-refractivity contribution < 1.29 is 14.7 Å². The van der Waals surface area contributed by atoms with Gasteiger partial charge in [-0.25, -0.2) is 4.79 Å². The largest absolute Gasteiger partial charge is 0.481 e. The van der Waals surface area contributed by atoms with Crippen molar-refractivity contribution in [2.75, 3.05) is 19.6 Å². The predicted molar refractivity (Wildman–Crippen MR) is 78.6 cm³/mol. The molecule has 1 rings (SSSR count). The first-order chi connectivity index (χ1) is 9.45. The Kier molecular flexibility index (Phi) is 6.82. The molecule has 2 unspecified atom stereocenters. The maximum Gasteiger partial charge on any atom is 0.317 e. The number of rotatable bonds is 6. The molecule has 0 aromatic carbocycles. The van der Waals surface area contributed by atoms with Crippen molar-refractivity contribution in [2.24, 2.45) is 17.8 Å². The second-order valence-corrected chi connectivity index (χ2v) is 6.11. The summed E-state index contributed by atoms with van der Waals surface area (Å²) in [6.45, 7) is 8.01. The summed E-state index contributed by atoms with van der Waals surface area (Å²) >= 11 is 0. The number of carboxylic acids is 1. The van der Waals surface area contributed by atoms with Gasteiger partial charge < -0.3 is 15.3 Å². The molecule has 0 aliphatic heterocycles.